The molecule has 1 saturated heterocycles. The fourth-order valence-corrected chi connectivity index (χ4v) is 4.67. The van der Waals surface area contributed by atoms with Crippen molar-refractivity contribution in [3.63, 3.8) is 0 Å². The highest BCUT2D eigenvalue weighted by Crippen LogP contribution is 2.22. The molecule has 2 heterocycles. The molecule has 0 amide bonds. The third kappa shape index (κ3) is 3.74. The van der Waals surface area contributed by atoms with Gasteiger partial charge in [0.15, 0.2) is 5.13 Å². The summed E-state index contributed by atoms with van der Waals surface area (Å²) in [5, 5.41) is 3.14. The normalized spacial score (nSPS) is 21.0. The Morgan fingerprint density at radius 3 is 2.82 bits per heavy atom. The minimum atomic E-state index is -0.900. The summed E-state index contributed by atoms with van der Waals surface area (Å²) in [5.41, 5.74) is 0. The van der Waals surface area contributed by atoms with Crippen LogP contribution >= 0.6 is 11.3 Å². The van der Waals surface area contributed by atoms with Gasteiger partial charge in [-0.3, -0.25) is 9.11 Å². The molecular formula is C16H21N3OS2. The van der Waals surface area contributed by atoms with Crippen LogP contribution < -0.4 is 4.90 Å². The Hall–Kier alpha value is -1.24. The predicted molar refractivity (Wildman–Crippen MR) is 93.1 cm³/mol. The van der Waals surface area contributed by atoms with Gasteiger partial charge in [0.25, 0.3) is 0 Å². The molecule has 2 aromatic rings. The number of hydrogen-bond donors (Lipinski definition) is 0. The number of nitrogens with zero attached hydrogens (tertiary/aromatic N) is 3. The number of piperazine rings is 1. The molecule has 118 valence electrons. The maximum Gasteiger partial charge on any atom is 0.185 e. The lowest BCUT2D eigenvalue weighted by Crippen LogP contribution is -2.52. The summed E-state index contributed by atoms with van der Waals surface area (Å²) in [5.74, 6) is 0.702. The first kappa shape index (κ1) is 15.6. The Balaban J connectivity index is 1.50. The van der Waals surface area contributed by atoms with Crippen LogP contribution in [-0.2, 0) is 10.8 Å². The second-order valence-electron chi connectivity index (χ2n) is 5.52. The molecule has 22 heavy (non-hydrogen) atoms. The molecule has 1 fully saturated rings. The van der Waals surface area contributed by atoms with Gasteiger partial charge < -0.3 is 4.90 Å². The summed E-state index contributed by atoms with van der Waals surface area (Å²) in [6, 6.07) is 10.2. The van der Waals surface area contributed by atoms with Crippen molar-refractivity contribution >= 4 is 27.3 Å². The average molecular weight is 335 g/mol. The molecule has 1 aromatic carbocycles. The number of thiazole rings is 1. The summed E-state index contributed by atoms with van der Waals surface area (Å²) < 4.78 is 12.3. The SMILES string of the molecule is C[C@H]1CN(CC[S@@](=O)c2ccccc2)CCN1c1nccs1. The third-order valence-electron chi connectivity index (χ3n) is 3.98. The van der Waals surface area contributed by atoms with Gasteiger partial charge in [-0.15, -0.1) is 11.3 Å². The van der Waals surface area contributed by atoms with Gasteiger partial charge in [0.1, 0.15) is 0 Å². The first-order valence-electron chi connectivity index (χ1n) is 7.56. The Morgan fingerprint density at radius 2 is 2.14 bits per heavy atom. The smallest absolute Gasteiger partial charge is 0.185 e. The minimum absolute atomic E-state index is 0.449. The van der Waals surface area contributed by atoms with Crippen LogP contribution in [0.2, 0.25) is 0 Å². The summed E-state index contributed by atoms with van der Waals surface area (Å²) in [6.07, 6.45) is 1.86. The molecule has 1 aliphatic rings. The second-order valence-corrected chi connectivity index (χ2v) is 7.96. The van der Waals surface area contributed by atoms with Crippen LogP contribution in [-0.4, -0.2) is 52.1 Å². The topological polar surface area (TPSA) is 36.4 Å². The van der Waals surface area contributed by atoms with Crippen LogP contribution in [0.5, 0.6) is 0 Å². The van der Waals surface area contributed by atoms with Gasteiger partial charge in [0.05, 0.1) is 10.8 Å². The first-order chi connectivity index (χ1) is 10.7. The van der Waals surface area contributed by atoms with Gasteiger partial charge in [0.2, 0.25) is 0 Å². The van der Waals surface area contributed by atoms with Crippen LogP contribution in [0.3, 0.4) is 0 Å². The van der Waals surface area contributed by atoms with Gasteiger partial charge in [-0.05, 0) is 19.1 Å². The predicted octanol–water partition coefficient (Wildman–Crippen LogP) is 2.46. The number of aromatic nitrogens is 1. The van der Waals surface area contributed by atoms with Gasteiger partial charge >= 0.3 is 0 Å². The van der Waals surface area contributed by atoms with Crippen molar-refractivity contribution in [1.82, 2.24) is 9.88 Å². The molecule has 6 heteroatoms. The number of anilines is 1. The van der Waals surface area contributed by atoms with Crippen molar-refractivity contribution in [3.8, 4) is 0 Å². The van der Waals surface area contributed by atoms with Crippen molar-refractivity contribution < 1.29 is 4.21 Å². The van der Waals surface area contributed by atoms with Crippen LogP contribution in [0.25, 0.3) is 0 Å². The summed E-state index contributed by atoms with van der Waals surface area (Å²) in [6.45, 7) is 6.13. The molecule has 0 unspecified atom stereocenters. The molecule has 0 N–H and O–H groups in total. The molecule has 0 saturated carbocycles. The zero-order chi connectivity index (χ0) is 15.4. The Kier molecular flexibility index (Phi) is 5.23. The fraction of sp³-hybridized carbons (Fsp3) is 0.438. The van der Waals surface area contributed by atoms with E-state index in [1.54, 1.807) is 11.3 Å². The molecule has 4 nitrogen and oxygen atoms in total. The number of hydrogen-bond acceptors (Lipinski definition) is 5. The monoisotopic (exact) mass is 335 g/mol. The summed E-state index contributed by atoms with van der Waals surface area (Å²) in [4.78, 5) is 10.1. The highest BCUT2D eigenvalue weighted by Gasteiger charge is 2.25. The fourth-order valence-electron chi connectivity index (χ4n) is 2.78. The van der Waals surface area contributed by atoms with Crippen molar-refractivity contribution in [2.75, 3.05) is 36.8 Å². The largest absolute Gasteiger partial charge is 0.343 e. The molecule has 0 bridgehead atoms. The number of benzene rings is 1. The maximum absolute atomic E-state index is 12.3. The Morgan fingerprint density at radius 1 is 1.32 bits per heavy atom. The molecule has 0 spiro atoms. The van der Waals surface area contributed by atoms with E-state index in [1.807, 2.05) is 41.9 Å². The lowest BCUT2D eigenvalue weighted by atomic mass is 10.2. The molecular weight excluding hydrogens is 314 g/mol. The third-order valence-corrected chi connectivity index (χ3v) is 6.14. The van der Waals surface area contributed by atoms with Crippen molar-refractivity contribution in [2.24, 2.45) is 0 Å². The summed E-state index contributed by atoms with van der Waals surface area (Å²) in [7, 11) is -0.900. The van der Waals surface area contributed by atoms with Crippen molar-refractivity contribution in [3.05, 3.63) is 41.9 Å². The van der Waals surface area contributed by atoms with E-state index in [0.717, 1.165) is 36.2 Å². The van der Waals surface area contributed by atoms with E-state index in [1.165, 1.54) is 0 Å². The van der Waals surface area contributed by atoms with Crippen LogP contribution in [0.4, 0.5) is 5.13 Å². The zero-order valence-corrected chi connectivity index (χ0v) is 14.4. The Bertz CT molecular complexity index is 603. The maximum atomic E-state index is 12.3. The van der Waals surface area contributed by atoms with E-state index in [4.69, 9.17) is 0 Å². The van der Waals surface area contributed by atoms with E-state index < -0.39 is 10.8 Å². The first-order valence-corrected chi connectivity index (χ1v) is 9.76. The van der Waals surface area contributed by atoms with E-state index in [2.05, 4.69) is 21.7 Å². The van der Waals surface area contributed by atoms with Crippen LogP contribution in [0, 0.1) is 0 Å². The lowest BCUT2D eigenvalue weighted by Gasteiger charge is -2.39. The van der Waals surface area contributed by atoms with Crippen LogP contribution in [0.15, 0.2) is 46.8 Å². The highest BCUT2D eigenvalue weighted by atomic mass is 32.2. The molecule has 1 aliphatic heterocycles. The van der Waals surface area contributed by atoms with E-state index in [-0.39, 0.29) is 0 Å². The quantitative estimate of drug-likeness (QED) is 0.841. The lowest BCUT2D eigenvalue weighted by molar-refractivity contribution is 0.241. The van der Waals surface area contributed by atoms with E-state index >= 15 is 0 Å². The zero-order valence-electron chi connectivity index (χ0n) is 12.7. The van der Waals surface area contributed by atoms with E-state index in [0.29, 0.717) is 11.8 Å². The van der Waals surface area contributed by atoms with Gasteiger partial charge in [-0.25, -0.2) is 4.98 Å². The Labute approximate surface area is 138 Å². The van der Waals surface area contributed by atoms with Crippen molar-refractivity contribution in [1.29, 1.82) is 0 Å². The van der Waals surface area contributed by atoms with Crippen molar-refractivity contribution in [2.45, 2.75) is 17.9 Å². The summed E-state index contributed by atoms with van der Waals surface area (Å²) >= 11 is 1.70. The molecule has 2 atom stereocenters. The van der Waals surface area contributed by atoms with Gasteiger partial charge in [-0.1, -0.05) is 18.2 Å². The van der Waals surface area contributed by atoms with E-state index in [9.17, 15) is 4.21 Å². The average Bonchev–Trinajstić information content (AvgIpc) is 3.07. The molecule has 1 aromatic heterocycles. The molecule has 0 radical (unpaired) electrons. The standard InChI is InChI=1S/C16H21N3OS2/c1-14-13-18(8-9-19(14)16-17-7-11-21-16)10-12-22(20)15-5-3-2-4-6-15/h2-7,11,14H,8-10,12-13H2,1H3/t14-,22+/m0/s1. The molecule has 3 rings (SSSR count). The van der Waals surface area contributed by atoms with Crippen LogP contribution in [0.1, 0.15) is 6.92 Å². The van der Waals surface area contributed by atoms with Gasteiger partial charge in [-0.2, -0.15) is 0 Å². The number of rotatable bonds is 5. The molecule has 0 aliphatic carbocycles. The van der Waals surface area contributed by atoms with Gasteiger partial charge in [0, 0.05) is 54.4 Å². The minimum Gasteiger partial charge on any atom is -0.343 e. The second kappa shape index (κ2) is 7.35. The highest BCUT2D eigenvalue weighted by molar-refractivity contribution is 7.85.